The molecule has 0 saturated heterocycles. The Morgan fingerprint density at radius 1 is 1.24 bits per heavy atom. The van der Waals surface area contributed by atoms with Gasteiger partial charge >= 0.3 is 0 Å². The molecule has 0 amide bonds. The first-order chi connectivity index (χ1) is 12.0. The highest BCUT2D eigenvalue weighted by Crippen LogP contribution is 2.18. The van der Waals surface area contributed by atoms with Gasteiger partial charge in [0.1, 0.15) is 5.60 Å². The zero-order chi connectivity index (χ0) is 18.1. The number of methoxy groups -OCH3 is 1. The Morgan fingerprint density at radius 2 is 2.00 bits per heavy atom. The molecule has 0 fully saturated rings. The van der Waals surface area contributed by atoms with Crippen LogP contribution in [-0.4, -0.2) is 36.2 Å². The van der Waals surface area contributed by atoms with Gasteiger partial charge in [0.25, 0.3) is 0 Å². The first kappa shape index (κ1) is 18.7. The first-order valence-electron chi connectivity index (χ1n) is 8.34. The maximum absolute atomic E-state index is 10.7. The van der Waals surface area contributed by atoms with Crippen LogP contribution in [0.4, 0.5) is 0 Å². The number of hydrogen-bond donors (Lipinski definition) is 3. The Balaban J connectivity index is 2.02. The van der Waals surface area contributed by atoms with Crippen molar-refractivity contribution in [2.24, 2.45) is 4.99 Å². The number of rotatable bonds is 7. The van der Waals surface area contributed by atoms with Crippen LogP contribution in [0.25, 0.3) is 0 Å². The number of benzene rings is 1. The fourth-order valence-corrected chi connectivity index (χ4v) is 2.33. The van der Waals surface area contributed by atoms with Gasteiger partial charge in [-0.2, -0.15) is 0 Å². The summed E-state index contributed by atoms with van der Waals surface area (Å²) >= 11 is 0. The van der Waals surface area contributed by atoms with E-state index in [2.05, 4.69) is 20.6 Å². The van der Waals surface area contributed by atoms with Gasteiger partial charge < -0.3 is 20.5 Å². The molecule has 0 spiro atoms. The number of nitrogens with one attached hydrogen (secondary N) is 2. The Kier molecular flexibility index (Phi) is 6.77. The summed E-state index contributed by atoms with van der Waals surface area (Å²) in [4.78, 5) is 8.64. The minimum absolute atomic E-state index is 0.350. The zero-order valence-electron chi connectivity index (χ0n) is 15.0. The number of guanidine groups is 1. The molecular formula is C19H26N4O2. The van der Waals surface area contributed by atoms with Crippen molar-refractivity contribution in [3.63, 3.8) is 0 Å². The van der Waals surface area contributed by atoms with E-state index >= 15 is 0 Å². The van der Waals surface area contributed by atoms with Gasteiger partial charge in [-0.25, -0.2) is 9.98 Å². The minimum Gasteiger partial charge on any atom is -0.481 e. The summed E-state index contributed by atoms with van der Waals surface area (Å²) < 4.78 is 5.13. The highest BCUT2D eigenvalue weighted by atomic mass is 16.5. The number of nitrogens with zero attached hydrogens (tertiary/aromatic N) is 2. The smallest absolute Gasteiger partial charge is 0.213 e. The SMILES string of the molecule is CCNC(=NCc1ccnc(OC)c1)NCC(C)(O)c1ccccc1. The topological polar surface area (TPSA) is 78.8 Å². The average Bonchev–Trinajstić information content (AvgIpc) is 2.65. The summed E-state index contributed by atoms with van der Waals surface area (Å²) in [5.41, 5.74) is 0.869. The predicted molar refractivity (Wildman–Crippen MR) is 99.6 cm³/mol. The molecule has 1 atom stereocenters. The minimum atomic E-state index is -0.989. The lowest BCUT2D eigenvalue weighted by Crippen LogP contribution is -2.44. The molecule has 2 rings (SSSR count). The van der Waals surface area contributed by atoms with Crippen molar-refractivity contribution in [3.8, 4) is 5.88 Å². The summed E-state index contributed by atoms with van der Waals surface area (Å²) in [5, 5.41) is 17.1. The van der Waals surface area contributed by atoms with E-state index in [9.17, 15) is 5.11 Å². The second-order valence-electron chi connectivity index (χ2n) is 5.90. The van der Waals surface area contributed by atoms with E-state index in [0.717, 1.165) is 17.7 Å². The van der Waals surface area contributed by atoms with Crippen molar-refractivity contribution in [1.29, 1.82) is 0 Å². The molecular weight excluding hydrogens is 316 g/mol. The van der Waals surface area contributed by atoms with Crippen LogP contribution in [-0.2, 0) is 12.1 Å². The highest BCUT2D eigenvalue weighted by Gasteiger charge is 2.22. The van der Waals surface area contributed by atoms with E-state index < -0.39 is 5.60 Å². The quantitative estimate of drug-likeness (QED) is 0.530. The second-order valence-corrected chi connectivity index (χ2v) is 5.90. The number of pyridine rings is 1. The van der Waals surface area contributed by atoms with Crippen molar-refractivity contribution < 1.29 is 9.84 Å². The highest BCUT2D eigenvalue weighted by molar-refractivity contribution is 5.79. The Morgan fingerprint density at radius 3 is 2.68 bits per heavy atom. The zero-order valence-corrected chi connectivity index (χ0v) is 15.0. The van der Waals surface area contributed by atoms with Crippen molar-refractivity contribution in [3.05, 3.63) is 59.8 Å². The van der Waals surface area contributed by atoms with Crippen LogP contribution in [0.3, 0.4) is 0 Å². The number of ether oxygens (including phenoxy) is 1. The summed E-state index contributed by atoms with van der Waals surface area (Å²) in [6.07, 6.45) is 1.70. The van der Waals surface area contributed by atoms with Gasteiger partial charge in [0, 0.05) is 18.8 Å². The molecule has 0 aliphatic heterocycles. The molecule has 134 valence electrons. The largest absolute Gasteiger partial charge is 0.481 e. The molecule has 0 aliphatic rings. The van der Waals surface area contributed by atoms with Crippen LogP contribution in [0.1, 0.15) is 25.0 Å². The lowest BCUT2D eigenvalue weighted by atomic mass is 9.96. The number of aliphatic hydroxyl groups is 1. The molecule has 0 saturated carbocycles. The maximum Gasteiger partial charge on any atom is 0.213 e. The standard InChI is InChI=1S/C19H26N4O2/c1-4-20-18(22-13-15-10-11-21-17(12-15)25-3)23-14-19(2,24)16-8-6-5-7-9-16/h5-12,24H,4,13-14H2,1-3H3,(H2,20,22,23). The number of aromatic nitrogens is 1. The fourth-order valence-electron chi connectivity index (χ4n) is 2.33. The fraction of sp³-hybridized carbons (Fsp3) is 0.368. The molecule has 0 radical (unpaired) electrons. The van der Waals surface area contributed by atoms with E-state index in [4.69, 9.17) is 4.74 Å². The predicted octanol–water partition coefficient (Wildman–Crippen LogP) is 2.05. The van der Waals surface area contributed by atoms with Gasteiger partial charge in [0.2, 0.25) is 5.88 Å². The Bertz CT molecular complexity index is 687. The summed E-state index contributed by atoms with van der Waals surface area (Å²) in [6.45, 7) is 5.36. The van der Waals surface area contributed by atoms with Crippen molar-refractivity contribution in [2.45, 2.75) is 26.0 Å². The van der Waals surface area contributed by atoms with Gasteiger partial charge in [-0.15, -0.1) is 0 Å². The van der Waals surface area contributed by atoms with Gasteiger partial charge in [0.15, 0.2) is 5.96 Å². The molecule has 0 aliphatic carbocycles. The molecule has 1 aromatic carbocycles. The van der Waals surface area contributed by atoms with E-state index in [-0.39, 0.29) is 0 Å². The third kappa shape index (κ3) is 5.76. The third-order valence-electron chi connectivity index (χ3n) is 3.77. The Labute approximate surface area is 149 Å². The van der Waals surface area contributed by atoms with Crippen molar-refractivity contribution >= 4 is 5.96 Å². The van der Waals surface area contributed by atoms with Crippen LogP contribution < -0.4 is 15.4 Å². The molecule has 3 N–H and O–H groups in total. The van der Waals surface area contributed by atoms with Crippen LogP contribution in [0.15, 0.2) is 53.7 Å². The normalized spacial score (nSPS) is 13.8. The van der Waals surface area contributed by atoms with Gasteiger partial charge in [-0.1, -0.05) is 30.3 Å². The molecule has 6 heteroatoms. The van der Waals surface area contributed by atoms with E-state index in [1.807, 2.05) is 49.4 Å². The number of hydrogen-bond acceptors (Lipinski definition) is 4. The lowest BCUT2D eigenvalue weighted by molar-refractivity contribution is 0.0617. The van der Waals surface area contributed by atoms with Gasteiger partial charge in [-0.05, 0) is 31.0 Å². The monoisotopic (exact) mass is 342 g/mol. The molecule has 0 bridgehead atoms. The van der Waals surface area contributed by atoms with E-state index in [0.29, 0.717) is 24.9 Å². The average molecular weight is 342 g/mol. The third-order valence-corrected chi connectivity index (χ3v) is 3.77. The van der Waals surface area contributed by atoms with Crippen molar-refractivity contribution in [1.82, 2.24) is 15.6 Å². The molecule has 6 nitrogen and oxygen atoms in total. The summed E-state index contributed by atoms with van der Waals surface area (Å²) in [7, 11) is 1.59. The van der Waals surface area contributed by atoms with Crippen LogP contribution in [0.2, 0.25) is 0 Å². The molecule has 1 aromatic heterocycles. The molecule has 25 heavy (non-hydrogen) atoms. The van der Waals surface area contributed by atoms with E-state index in [1.165, 1.54) is 0 Å². The molecule has 1 unspecified atom stereocenters. The van der Waals surface area contributed by atoms with Crippen LogP contribution in [0.5, 0.6) is 5.88 Å². The Hall–Kier alpha value is -2.60. The number of aliphatic imine (C=N–C) groups is 1. The molecule has 2 aromatic rings. The van der Waals surface area contributed by atoms with Crippen LogP contribution in [0, 0.1) is 0 Å². The second kappa shape index (κ2) is 9.03. The summed E-state index contributed by atoms with van der Waals surface area (Å²) in [6, 6.07) is 13.3. The van der Waals surface area contributed by atoms with E-state index in [1.54, 1.807) is 20.2 Å². The van der Waals surface area contributed by atoms with Gasteiger partial charge in [0.05, 0.1) is 20.2 Å². The first-order valence-corrected chi connectivity index (χ1v) is 8.34. The molecule has 1 heterocycles. The summed E-state index contributed by atoms with van der Waals surface area (Å²) in [5.74, 6) is 1.21. The van der Waals surface area contributed by atoms with Gasteiger partial charge in [-0.3, -0.25) is 0 Å². The van der Waals surface area contributed by atoms with Crippen molar-refractivity contribution in [2.75, 3.05) is 20.2 Å². The van der Waals surface area contributed by atoms with Crippen LogP contribution >= 0.6 is 0 Å². The lowest BCUT2D eigenvalue weighted by Gasteiger charge is -2.25. The maximum atomic E-state index is 10.7.